The van der Waals surface area contributed by atoms with E-state index in [1.807, 2.05) is 6.92 Å². The molecule has 1 unspecified atom stereocenters. The maximum atomic E-state index is 13.3. The van der Waals surface area contributed by atoms with Crippen molar-refractivity contribution >= 4 is 27.3 Å². The van der Waals surface area contributed by atoms with Gasteiger partial charge in [0.25, 0.3) is 10.0 Å². The minimum absolute atomic E-state index is 0.00114. The lowest BCUT2D eigenvalue weighted by molar-refractivity contribution is -0.126. The maximum Gasteiger partial charge on any atom is 0.252 e. The fourth-order valence-electron chi connectivity index (χ4n) is 4.51. The molecule has 2 aliphatic rings. The molecular formula is C22H32N4O4S2. The molecule has 1 amide bonds. The summed E-state index contributed by atoms with van der Waals surface area (Å²) in [4.78, 5) is 17.2. The molecule has 1 aliphatic carbocycles. The van der Waals surface area contributed by atoms with Crippen LogP contribution in [0.1, 0.15) is 70.6 Å². The largest absolute Gasteiger partial charge is 0.353 e. The zero-order valence-corrected chi connectivity index (χ0v) is 20.2. The Morgan fingerprint density at radius 3 is 2.66 bits per heavy atom. The van der Waals surface area contributed by atoms with E-state index < -0.39 is 10.0 Å². The lowest BCUT2D eigenvalue weighted by Crippen LogP contribution is -2.47. The Balaban J connectivity index is 1.41. The highest BCUT2D eigenvalue weighted by atomic mass is 32.2. The molecule has 0 radical (unpaired) electrons. The first-order chi connectivity index (χ1) is 15.5. The number of aryl methyl sites for hydroxylation is 1. The number of sulfonamides is 1. The molecule has 0 aromatic carbocycles. The van der Waals surface area contributed by atoms with Crippen molar-refractivity contribution in [1.82, 2.24) is 19.8 Å². The average molecular weight is 481 g/mol. The standard InChI is InChI=1S/C22H32N4O4S2/c1-2-19-24-21(25-30-19)17-13-20(31-15-17)32(28,29)26-12-8-9-16(14-26)22(27)23-18-10-6-4-3-5-7-11-18/h13,15-16,18H,2-12,14H2,1H3,(H,23,27). The normalized spacial score (nSPS) is 21.7. The van der Waals surface area contributed by atoms with E-state index in [1.165, 1.54) is 23.6 Å². The van der Waals surface area contributed by atoms with Crippen LogP contribution in [0.3, 0.4) is 0 Å². The van der Waals surface area contributed by atoms with Gasteiger partial charge >= 0.3 is 0 Å². The van der Waals surface area contributed by atoms with E-state index in [1.54, 1.807) is 11.4 Å². The third-order valence-electron chi connectivity index (χ3n) is 6.40. The number of carbonyl (C=O) groups is 1. The summed E-state index contributed by atoms with van der Waals surface area (Å²) in [5.41, 5.74) is 0.632. The number of thiophene rings is 1. The highest BCUT2D eigenvalue weighted by molar-refractivity contribution is 7.91. The van der Waals surface area contributed by atoms with Gasteiger partial charge < -0.3 is 9.84 Å². The molecule has 2 aromatic rings. The summed E-state index contributed by atoms with van der Waals surface area (Å²) in [7, 11) is -3.67. The van der Waals surface area contributed by atoms with Crippen LogP contribution >= 0.6 is 11.3 Å². The van der Waals surface area contributed by atoms with Crippen LogP contribution in [0, 0.1) is 5.92 Å². The fraction of sp³-hybridized carbons (Fsp3) is 0.682. The predicted molar refractivity (Wildman–Crippen MR) is 123 cm³/mol. The molecule has 176 valence electrons. The van der Waals surface area contributed by atoms with Gasteiger partial charge in [-0.3, -0.25) is 4.79 Å². The predicted octanol–water partition coefficient (Wildman–Crippen LogP) is 3.99. The Morgan fingerprint density at radius 2 is 1.94 bits per heavy atom. The number of amides is 1. The smallest absolute Gasteiger partial charge is 0.252 e. The van der Waals surface area contributed by atoms with Gasteiger partial charge in [0.15, 0.2) is 0 Å². The van der Waals surface area contributed by atoms with Crippen LogP contribution in [0.15, 0.2) is 20.2 Å². The molecular weight excluding hydrogens is 448 g/mol. The topological polar surface area (TPSA) is 105 Å². The van der Waals surface area contributed by atoms with E-state index in [4.69, 9.17) is 4.52 Å². The molecule has 4 rings (SSSR count). The minimum atomic E-state index is -3.67. The van der Waals surface area contributed by atoms with Crippen LogP contribution in [-0.4, -0.2) is 47.9 Å². The van der Waals surface area contributed by atoms with E-state index in [9.17, 15) is 13.2 Å². The number of aromatic nitrogens is 2. The van der Waals surface area contributed by atoms with E-state index >= 15 is 0 Å². The molecule has 0 bridgehead atoms. The van der Waals surface area contributed by atoms with Gasteiger partial charge in [0.05, 0.1) is 5.92 Å². The molecule has 1 atom stereocenters. The fourth-order valence-corrected chi connectivity index (χ4v) is 7.34. The van der Waals surface area contributed by atoms with Crippen molar-refractivity contribution in [1.29, 1.82) is 0 Å². The second-order valence-corrected chi connectivity index (χ2v) is 11.8. The van der Waals surface area contributed by atoms with Crippen LogP contribution < -0.4 is 5.32 Å². The summed E-state index contributed by atoms with van der Waals surface area (Å²) in [6.45, 7) is 2.59. The Morgan fingerprint density at radius 1 is 1.19 bits per heavy atom. The summed E-state index contributed by atoms with van der Waals surface area (Å²) in [6, 6.07) is 1.82. The van der Waals surface area contributed by atoms with Gasteiger partial charge in [0.1, 0.15) is 4.21 Å². The maximum absolute atomic E-state index is 13.3. The number of hydrogen-bond donors (Lipinski definition) is 1. The zero-order chi connectivity index (χ0) is 22.6. The van der Waals surface area contributed by atoms with Crippen LogP contribution in [-0.2, 0) is 21.2 Å². The Kier molecular flexibility index (Phi) is 7.63. The van der Waals surface area contributed by atoms with Gasteiger partial charge in [0.2, 0.25) is 17.6 Å². The van der Waals surface area contributed by atoms with Gasteiger partial charge in [-0.05, 0) is 31.7 Å². The molecule has 0 spiro atoms. The zero-order valence-electron chi connectivity index (χ0n) is 18.6. The van der Waals surface area contributed by atoms with Crippen molar-refractivity contribution in [3.63, 3.8) is 0 Å². The first kappa shape index (κ1) is 23.4. The van der Waals surface area contributed by atoms with Crippen molar-refractivity contribution in [3.8, 4) is 11.4 Å². The van der Waals surface area contributed by atoms with Crippen LogP contribution in [0.4, 0.5) is 0 Å². The summed E-state index contributed by atoms with van der Waals surface area (Å²) in [5.74, 6) is 0.619. The Hall–Kier alpha value is -1.78. The average Bonchev–Trinajstić information content (AvgIpc) is 3.45. The van der Waals surface area contributed by atoms with Gasteiger partial charge in [-0.15, -0.1) is 11.3 Å². The Bertz CT molecular complexity index is 1010. The second kappa shape index (κ2) is 10.4. The highest BCUT2D eigenvalue weighted by Crippen LogP contribution is 2.31. The van der Waals surface area contributed by atoms with Crippen molar-refractivity contribution in [2.45, 2.75) is 81.4 Å². The first-order valence-corrected chi connectivity index (χ1v) is 14.0. The third kappa shape index (κ3) is 5.40. The Labute approximate surface area is 193 Å². The SMILES string of the molecule is CCc1nc(-c2csc(S(=O)(=O)N3CCCC(C(=O)NC4CCCCCCC4)C3)c2)no1. The van der Waals surface area contributed by atoms with Gasteiger partial charge in [-0.25, -0.2) is 8.42 Å². The number of rotatable bonds is 6. The monoisotopic (exact) mass is 480 g/mol. The number of carbonyl (C=O) groups excluding carboxylic acids is 1. The number of nitrogens with one attached hydrogen (secondary N) is 1. The number of hydrogen-bond acceptors (Lipinski definition) is 7. The van der Waals surface area contributed by atoms with Crippen LogP contribution in [0.5, 0.6) is 0 Å². The highest BCUT2D eigenvalue weighted by Gasteiger charge is 2.35. The summed E-state index contributed by atoms with van der Waals surface area (Å²) < 4.78 is 33.4. The van der Waals surface area contributed by atoms with Crippen molar-refractivity contribution in [3.05, 3.63) is 17.3 Å². The number of nitrogens with zero attached hydrogens (tertiary/aromatic N) is 3. The van der Waals surface area contributed by atoms with E-state index in [0.717, 1.165) is 43.4 Å². The van der Waals surface area contributed by atoms with E-state index in [2.05, 4.69) is 15.5 Å². The molecule has 3 heterocycles. The molecule has 8 nitrogen and oxygen atoms in total. The molecule has 2 fully saturated rings. The van der Waals surface area contributed by atoms with Gasteiger partial charge in [-0.2, -0.15) is 9.29 Å². The molecule has 1 saturated heterocycles. The molecule has 1 aliphatic heterocycles. The van der Waals surface area contributed by atoms with E-state index in [0.29, 0.717) is 36.7 Å². The lowest BCUT2D eigenvalue weighted by Gasteiger charge is -2.32. The van der Waals surface area contributed by atoms with Crippen LogP contribution in [0.2, 0.25) is 0 Å². The quantitative estimate of drug-likeness (QED) is 0.670. The molecule has 2 aromatic heterocycles. The van der Waals surface area contributed by atoms with Crippen molar-refractivity contribution in [2.75, 3.05) is 13.1 Å². The molecule has 10 heteroatoms. The van der Waals surface area contributed by atoms with Gasteiger partial charge in [-0.1, -0.05) is 44.2 Å². The first-order valence-electron chi connectivity index (χ1n) is 11.7. The number of piperidine rings is 1. The van der Waals surface area contributed by atoms with Crippen molar-refractivity contribution in [2.24, 2.45) is 5.92 Å². The summed E-state index contributed by atoms with van der Waals surface area (Å²) in [5, 5.41) is 8.88. The summed E-state index contributed by atoms with van der Waals surface area (Å²) in [6.07, 6.45) is 10.1. The van der Waals surface area contributed by atoms with Gasteiger partial charge in [0, 0.05) is 36.5 Å². The molecule has 1 saturated carbocycles. The van der Waals surface area contributed by atoms with E-state index in [-0.39, 0.29) is 28.6 Å². The lowest BCUT2D eigenvalue weighted by atomic mass is 9.94. The minimum Gasteiger partial charge on any atom is -0.353 e. The van der Waals surface area contributed by atoms with Crippen molar-refractivity contribution < 1.29 is 17.7 Å². The molecule has 32 heavy (non-hydrogen) atoms. The van der Waals surface area contributed by atoms with Crippen LogP contribution in [0.25, 0.3) is 11.4 Å². The molecule has 1 N–H and O–H groups in total. The second-order valence-electron chi connectivity index (χ2n) is 8.77. The third-order valence-corrected chi connectivity index (χ3v) is 9.69. The summed E-state index contributed by atoms with van der Waals surface area (Å²) >= 11 is 1.15.